The number of benzene rings is 2. The average molecular weight is 285 g/mol. The maximum atomic E-state index is 11.0. The number of hydrogen-bond acceptors (Lipinski definition) is 3. The number of carboxylic acid groups (broad SMARTS) is 1. The highest BCUT2D eigenvalue weighted by molar-refractivity contribution is 5.76. The molecule has 0 fully saturated rings. The second-order valence-corrected chi connectivity index (χ2v) is 4.44. The second-order valence-electron chi connectivity index (χ2n) is 4.44. The summed E-state index contributed by atoms with van der Waals surface area (Å²) < 4.78 is 5.65. The van der Waals surface area contributed by atoms with E-state index in [0.29, 0.717) is 12.2 Å². The van der Waals surface area contributed by atoms with E-state index in [1.165, 1.54) is 0 Å². The Morgan fingerprint density at radius 3 is 2.29 bits per heavy atom. The maximum absolute atomic E-state index is 11.0. The van der Waals surface area contributed by atoms with Gasteiger partial charge in [-0.1, -0.05) is 30.3 Å². The molecule has 1 atom stereocenters. The Balaban J connectivity index is 2.01. The Morgan fingerprint density at radius 2 is 1.71 bits per heavy atom. The van der Waals surface area contributed by atoms with Crippen molar-refractivity contribution in [2.45, 2.75) is 12.5 Å². The number of carbonyl (C=O) groups excluding carboxylic acids is 1. The van der Waals surface area contributed by atoms with Crippen LogP contribution < -0.4 is 10.1 Å². The molecule has 0 aromatic heterocycles. The number of hydrogen-bond donors (Lipinski definition) is 2. The average Bonchev–Trinajstić information content (AvgIpc) is 2.49. The molecule has 0 radical (unpaired) electrons. The quantitative estimate of drug-likeness (QED) is 0.765. The van der Waals surface area contributed by atoms with Crippen molar-refractivity contribution in [2.24, 2.45) is 0 Å². The van der Waals surface area contributed by atoms with Gasteiger partial charge in [-0.15, -0.1) is 0 Å². The van der Waals surface area contributed by atoms with Crippen LogP contribution in [0.3, 0.4) is 0 Å². The highest BCUT2D eigenvalue weighted by atomic mass is 16.5. The molecular weight excluding hydrogens is 270 g/mol. The zero-order valence-corrected chi connectivity index (χ0v) is 11.2. The lowest BCUT2D eigenvalue weighted by atomic mass is 10.1. The molecule has 0 aliphatic carbocycles. The molecule has 0 bridgehead atoms. The minimum Gasteiger partial charge on any atom is -0.480 e. The highest BCUT2D eigenvalue weighted by Crippen LogP contribution is 2.21. The van der Waals surface area contributed by atoms with Gasteiger partial charge in [-0.25, -0.2) is 4.79 Å². The summed E-state index contributed by atoms with van der Waals surface area (Å²) in [6.45, 7) is 0. The van der Waals surface area contributed by atoms with Crippen molar-refractivity contribution < 1.29 is 19.4 Å². The summed E-state index contributed by atoms with van der Waals surface area (Å²) >= 11 is 0. The molecule has 21 heavy (non-hydrogen) atoms. The van der Waals surface area contributed by atoms with Gasteiger partial charge in [-0.05, 0) is 29.8 Å². The summed E-state index contributed by atoms with van der Waals surface area (Å²) in [5.41, 5.74) is 0.803. The van der Waals surface area contributed by atoms with Gasteiger partial charge in [-0.2, -0.15) is 0 Å². The number of aliphatic carboxylic acids is 1. The van der Waals surface area contributed by atoms with E-state index in [0.717, 1.165) is 11.3 Å². The van der Waals surface area contributed by atoms with Crippen LogP contribution in [0.15, 0.2) is 54.6 Å². The van der Waals surface area contributed by atoms with Gasteiger partial charge >= 0.3 is 5.97 Å². The third-order valence-electron chi connectivity index (χ3n) is 2.91. The van der Waals surface area contributed by atoms with Crippen LogP contribution in [0, 0.1) is 0 Å². The summed E-state index contributed by atoms with van der Waals surface area (Å²) in [5, 5.41) is 11.2. The lowest BCUT2D eigenvalue weighted by Crippen LogP contribution is -2.37. The monoisotopic (exact) mass is 285 g/mol. The SMILES string of the molecule is O=CN[C@@H](Cc1ccc(Oc2ccccc2)cc1)C(=O)O. The number of rotatable bonds is 7. The molecule has 0 spiro atoms. The van der Waals surface area contributed by atoms with E-state index >= 15 is 0 Å². The van der Waals surface area contributed by atoms with Crippen LogP contribution in [0.4, 0.5) is 0 Å². The van der Waals surface area contributed by atoms with Crippen LogP contribution in [-0.2, 0) is 16.0 Å². The van der Waals surface area contributed by atoms with Crippen molar-refractivity contribution in [1.82, 2.24) is 5.32 Å². The summed E-state index contributed by atoms with van der Waals surface area (Å²) in [6.07, 6.45) is 0.616. The zero-order valence-electron chi connectivity index (χ0n) is 11.2. The smallest absolute Gasteiger partial charge is 0.326 e. The number of carboxylic acids is 1. The number of amides is 1. The lowest BCUT2D eigenvalue weighted by Gasteiger charge is -2.11. The third-order valence-corrected chi connectivity index (χ3v) is 2.91. The Hall–Kier alpha value is -2.82. The van der Waals surface area contributed by atoms with Crippen LogP contribution >= 0.6 is 0 Å². The predicted octanol–water partition coefficient (Wildman–Crippen LogP) is 2.22. The van der Waals surface area contributed by atoms with Crippen LogP contribution in [0.25, 0.3) is 0 Å². The summed E-state index contributed by atoms with van der Waals surface area (Å²) in [7, 11) is 0. The van der Waals surface area contributed by atoms with Crippen LogP contribution in [0.1, 0.15) is 5.56 Å². The minimum absolute atomic E-state index is 0.222. The Bertz CT molecular complexity index is 595. The zero-order chi connectivity index (χ0) is 15.1. The van der Waals surface area contributed by atoms with Crippen molar-refractivity contribution in [1.29, 1.82) is 0 Å². The molecule has 2 rings (SSSR count). The lowest BCUT2D eigenvalue weighted by molar-refractivity contribution is -0.140. The van der Waals surface area contributed by atoms with Gasteiger partial charge in [0, 0.05) is 6.42 Å². The molecule has 2 aromatic carbocycles. The minimum atomic E-state index is -1.06. The van der Waals surface area contributed by atoms with E-state index in [2.05, 4.69) is 5.32 Å². The van der Waals surface area contributed by atoms with Gasteiger partial charge in [0.15, 0.2) is 0 Å². The van der Waals surface area contributed by atoms with Gasteiger partial charge in [0.2, 0.25) is 6.41 Å². The Labute approximate surface area is 122 Å². The molecule has 0 saturated carbocycles. The largest absolute Gasteiger partial charge is 0.480 e. The molecule has 0 aliphatic rings. The van der Waals surface area contributed by atoms with E-state index in [1.807, 2.05) is 30.3 Å². The van der Waals surface area contributed by atoms with Crippen LogP contribution in [0.5, 0.6) is 11.5 Å². The van der Waals surface area contributed by atoms with Crippen LogP contribution in [-0.4, -0.2) is 23.5 Å². The first kappa shape index (κ1) is 14.6. The van der Waals surface area contributed by atoms with E-state index in [9.17, 15) is 9.59 Å². The Morgan fingerprint density at radius 1 is 1.10 bits per heavy atom. The van der Waals surface area contributed by atoms with Crippen molar-refractivity contribution in [2.75, 3.05) is 0 Å². The third kappa shape index (κ3) is 4.35. The number of ether oxygens (including phenoxy) is 1. The highest BCUT2D eigenvalue weighted by Gasteiger charge is 2.16. The van der Waals surface area contributed by atoms with Crippen LogP contribution in [0.2, 0.25) is 0 Å². The molecule has 5 heteroatoms. The molecular formula is C16H15NO4. The van der Waals surface area contributed by atoms with Gasteiger partial charge < -0.3 is 15.2 Å². The molecule has 0 saturated heterocycles. The number of carbonyl (C=O) groups is 2. The van der Waals surface area contributed by atoms with Gasteiger partial charge in [0.1, 0.15) is 17.5 Å². The number of para-hydroxylation sites is 1. The first-order valence-electron chi connectivity index (χ1n) is 6.43. The van der Waals surface area contributed by atoms with E-state index < -0.39 is 12.0 Å². The molecule has 0 heterocycles. The number of nitrogens with one attached hydrogen (secondary N) is 1. The molecule has 108 valence electrons. The molecule has 2 N–H and O–H groups in total. The second kappa shape index (κ2) is 7.09. The summed E-state index contributed by atoms with van der Waals surface area (Å²) in [5.74, 6) is 0.336. The van der Waals surface area contributed by atoms with E-state index in [4.69, 9.17) is 9.84 Å². The van der Waals surface area contributed by atoms with Crippen molar-refractivity contribution in [3.63, 3.8) is 0 Å². The first-order valence-corrected chi connectivity index (χ1v) is 6.43. The van der Waals surface area contributed by atoms with E-state index in [-0.39, 0.29) is 6.42 Å². The first-order chi connectivity index (χ1) is 10.2. The Kier molecular flexibility index (Phi) is 4.93. The summed E-state index contributed by atoms with van der Waals surface area (Å²) in [4.78, 5) is 21.3. The fraction of sp³-hybridized carbons (Fsp3) is 0.125. The standard InChI is InChI=1S/C16H15NO4/c18-11-17-15(16(19)20)10-12-6-8-14(9-7-12)21-13-4-2-1-3-5-13/h1-9,11,15H,10H2,(H,17,18)(H,19,20)/t15-/m0/s1. The molecule has 2 aromatic rings. The fourth-order valence-electron chi connectivity index (χ4n) is 1.85. The molecule has 5 nitrogen and oxygen atoms in total. The topological polar surface area (TPSA) is 75.6 Å². The van der Waals surface area contributed by atoms with Gasteiger partial charge in [0.05, 0.1) is 0 Å². The predicted molar refractivity (Wildman–Crippen MR) is 77.3 cm³/mol. The molecule has 1 amide bonds. The maximum Gasteiger partial charge on any atom is 0.326 e. The van der Waals surface area contributed by atoms with Gasteiger partial charge in [-0.3, -0.25) is 4.79 Å². The molecule has 0 unspecified atom stereocenters. The summed E-state index contributed by atoms with van der Waals surface area (Å²) in [6, 6.07) is 15.5. The van der Waals surface area contributed by atoms with E-state index in [1.54, 1.807) is 24.3 Å². The normalized spacial score (nSPS) is 11.4. The molecule has 0 aliphatic heterocycles. The van der Waals surface area contributed by atoms with Crippen molar-refractivity contribution in [3.05, 3.63) is 60.2 Å². The van der Waals surface area contributed by atoms with Crippen molar-refractivity contribution >= 4 is 12.4 Å². The van der Waals surface area contributed by atoms with Crippen molar-refractivity contribution in [3.8, 4) is 11.5 Å². The fourth-order valence-corrected chi connectivity index (χ4v) is 1.85. The van der Waals surface area contributed by atoms with Gasteiger partial charge in [0.25, 0.3) is 0 Å².